The highest BCUT2D eigenvalue weighted by molar-refractivity contribution is 7.13. The number of hydrogen-bond acceptors (Lipinski definition) is 4. The van der Waals surface area contributed by atoms with Crippen LogP contribution >= 0.6 is 11.3 Å². The van der Waals surface area contributed by atoms with E-state index >= 15 is 0 Å². The smallest absolute Gasteiger partial charge is 0.124 e. The van der Waals surface area contributed by atoms with Crippen LogP contribution in [0.1, 0.15) is 10.5 Å². The number of thiazole rings is 1. The molecule has 0 aliphatic carbocycles. The van der Waals surface area contributed by atoms with Crippen molar-refractivity contribution in [2.24, 2.45) is 0 Å². The molecular formula is C10H5FNO2S-. The summed E-state index contributed by atoms with van der Waals surface area (Å²) in [6.45, 7) is 0. The van der Waals surface area contributed by atoms with Gasteiger partial charge in [-0.05, 0) is 24.3 Å². The van der Waals surface area contributed by atoms with Crippen LogP contribution < -0.4 is 5.11 Å². The van der Waals surface area contributed by atoms with E-state index < -0.39 is 5.97 Å². The quantitative estimate of drug-likeness (QED) is 0.769. The summed E-state index contributed by atoms with van der Waals surface area (Å²) in [5.74, 6) is -1.64. The Kier molecular flexibility index (Phi) is 2.47. The van der Waals surface area contributed by atoms with Gasteiger partial charge in [0.05, 0.1) is 11.7 Å². The van der Waals surface area contributed by atoms with Gasteiger partial charge in [0.25, 0.3) is 0 Å². The zero-order chi connectivity index (χ0) is 10.8. The van der Waals surface area contributed by atoms with Gasteiger partial charge in [0, 0.05) is 10.9 Å². The number of aromatic nitrogens is 1. The molecule has 0 saturated heterocycles. The number of hydrogen-bond donors (Lipinski definition) is 0. The summed E-state index contributed by atoms with van der Waals surface area (Å²) in [4.78, 5) is 14.3. The largest absolute Gasteiger partial charge is 0.543 e. The van der Waals surface area contributed by atoms with Crippen LogP contribution in [-0.4, -0.2) is 11.0 Å². The number of carbonyl (C=O) groups excluding carboxylic acids is 1. The number of halogens is 1. The van der Waals surface area contributed by atoms with E-state index in [1.165, 1.54) is 28.8 Å². The van der Waals surface area contributed by atoms with Gasteiger partial charge in [-0.2, -0.15) is 0 Å². The van der Waals surface area contributed by atoms with Gasteiger partial charge < -0.3 is 9.90 Å². The van der Waals surface area contributed by atoms with Crippen molar-refractivity contribution >= 4 is 17.3 Å². The number of carboxylic acids is 1. The van der Waals surface area contributed by atoms with Gasteiger partial charge in [-0.3, -0.25) is 0 Å². The first-order valence-corrected chi connectivity index (χ1v) is 4.97. The standard InChI is InChI=1S/C10H6FNO2S/c11-7-3-1-6(2-4-7)9-12-8(5-15-9)10(13)14/h1-5H,(H,13,14)/p-1. The van der Waals surface area contributed by atoms with Gasteiger partial charge in [-0.25, -0.2) is 9.37 Å². The van der Waals surface area contributed by atoms with Crippen LogP contribution in [0.15, 0.2) is 29.6 Å². The molecule has 0 aliphatic heterocycles. The average Bonchev–Trinajstić information content (AvgIpc) is 2.68. The second-order valence-corrected chi connectivity index (χ2v) is 3.69. The van der Waals surface area contributed by atoms with Crippen molar-refractivity contribution in [1.29, 1.82) is 0 Å². The molecule has 0 N–H and O–H groups in total. The summed E-state index contributed by atoms with van der Waals surface area (Å²) >= 11 is 1.18. The molecule has 15 heavy (non-hydrogen) atoms. The van der Waals surface area contributed by atoms with Crippen molar-refractivity contribution in [3.63, 3.8) is 0 Å². The highest BCUT2D eigenvalue weighted by Gasteiger charge is 2.04. The molecule has 1 aromatic carbocycles. The minimum Gasteiger partial charge on any atom is -0.543 e. The molecule has 0 saturated carbocycles. The lowest BCUT2D eigenvalue weighted by atomic mass is 10.2. The Labute approximate surface area is 88.8 Å². The van der Waals surface area contributed by atoms with E-state index in [-0.39, 0.29) is 11.5 Å². The first-order chi connectivity index (χ1) is 7.16. The maximum absolute atomic E-state index is 12.6. The fraction of sp³-hybridized carbons (Fsp3) is 0. The molecule has 0 aliphatic rings. The monoisotopic (exact) mass is 222 g/mol. The summed E-state index contributed by atoms with van der Waals surface area (Å²) in [6, 6.07) is 5.70. The predicted molar refractivity (Wildman–Crippen MR) is 51.8 cm³/mol. The maximum Gasteiger partial charge on any atom is 0.124 e. The van der Waals surface area contributed by atoms with Crippen molar-refractivity contribution in [2.45, 2.75) is 0 Å². The van der Waals surface area contributed by atoms with Crippen LogP contribution in [0.3, 0.4) is 0 Å². The van der Waals surface area contributed by atoms with Crippen LogP contribution in [0.25, 0.3) is 10.6 Å². The molecule has 0 unspecified atom stereocenters. The molecule has 0 bridgehead atoms. The fourth-order valence-corrected chi connectivity index (χ4v) is 1.89. The third-order valence-corrected chi connectivity index (χ3v) is 2.70. The number of carbonyl (C=O) groups is 1. The van der Waals surface area contributed by atoms with Crippen LogP contribution in [0.4, 0.5) is 4.39 Å². The van der Waals surface area contributed by atoms with Crippen molar-refractivity contribution in [2.75, 3.05) is 0 Å². The summed E-state index contributed by atoms with van der Waals surface area (Å²) in [6.07, 6.45) is 0. The number of carboxylic acid groups (broad SMARTS) is 1. The zero-order valence-electron chi connectivity index (χ0n) is 7.44. The van der Waals surface area contributed by atoms with Crippen LogP contribution in [0.5, 0.6) is 0 Å². The molecular weight excluding hydrogens is 217 g/mol. The highest BCUT2D eigenvalue weighted by Crippen LogP contribution is 2.23. The predicted octanol–water partition coefficient (Wildman–Crippen LogP) is 1.31. The van der Waals surface area contributed by atoms with Crippen molar-refractivity contribution in [1.82, 2.24) is 4.98 Å². The number of benzene rings is 1. The van der Waals surface area contributed by atoms with Gasteiger partial charge >= 0.3 is 0 Å². The molecule has 0 amide bonds. The molecule has 0 atom stereocenters. The highest BCUT2D eigenvalue weighted by atomic mass is 32.1. The van der Waals surface area contributed by atoms with Crippen LogP contribution in [-0.2, 0) is 0 Å². The zero-order valence-corrected chi connectivity index (χ0v) is 8.25. The van der Waals surface area contributed by atoms with Crippen molar-refractivity contribution in [3.05, 3.63) is 41.2 Å². The maximum atomic E-state index is 12.6. The van der Waals surface area contributed by atoms with Gasteiger partial charge in [0.15, 0.2) is 0 Å². The Bertz CT molecular complexity index is 492. The normalized spacial score (nSPS) is 10.2. The number of rotatable bonds is 2. The number of aromatic carboxylic acids is 1. The van der Waals surface area contributed by atoms with E-state index in [1.54, 1.807) is 12.1 Å². The Morgan fingerprint density at radius 2 is 2.00 bits per heavy atom. The molecule has 0 radical (unpaired) electrons. The molecule has 2 rings (SSSR count). The third-order valence-electron chi connectivity index (χ3n) is 1.80. The van der Waals surface area contributed by atoms with Crippen LogP contribution in [0, 0.1) is 5.82 Å². The Morgan fingerprint density at radius 1 is 1.33 bits per heavy atom. The average molecular weight is 222 g/mol. The molecule has 0 spiro atoms. The molecule has 76 valence electrons. The van der Waals surface area contributed by atoms with E-state index in [9.17, 15) is 14.3 Å². The minimum absolute atomic E-state index is 0.0978. The van der Waals surface area contributed by atoms with E-state index in [2.05, 4.69) is 4.98 Å². The van der Waals surface area contributed by atoms with Gasteiger partial charge in [-0.15, -0.1) is 11.3 Å². The SMILES string of the molecule is O=C([O-])c1csc(-c2ccc(F)cc2)n1. The van der Waals surface area contributed by atoms with Gasteiger partial charge in [0.2, 0.25) is 0 Å². The van der Waals surface area contributed by atoms with Crippen molar-refractivity contribution in [3.8, 4) is 10.6 Å². The molecule has 1 heterocycles. The van der Waals surface area contributed by atoms with Crippen LogP contribution in [0.2, 0.25) is 0 Å². The molecule has 2 aromatic rings. The summed E-state index contributed by atoms with van der Waals surface area (Å²) < 4.78 is 12.6. The topological polar surface area (TPSA) is 53.0 Å². The lowest BCUT2D eigenvalue weighted by molar-refractivity contribution is -0.255. The lowest BCUT2D eigenvalue weighted by Crippen LogP contribution is -2.22. The molecule has 1 aromatic heterocycles. The minimum atomic E-state index is -1.31. The number of nitrogens with zero attached hydrogens (tertiary/aromatic N) is 1. The summed E-state index contributed by atoms with van der Waals surface area (Å²) in [7, 11) is 0. The molecule has 3 nitrogen and oxygen atoms in total. The molecule has 5 heteroatoms. The van der Waals surface area contributed by atoms with E-state index in [0.29, 0.717) is 10.6 Å². The van der Waals surface area contributed by atoms with E-state index in [1.807, 2.05) is 0 Å². The molecule has 0 fully saturated rings. The Morgan fingerprint density at radius 3 is 2.53 bits per heavy atom. The van der Waals surface area contributed by atoms with E-state index in [4.69, 9.17) is 0 Å². The first-order valence-electron chi connectivity index (χ1n) is 4.09. The second kappa shape index (κ2) is 3.78. The summed E-state index contributed by atoms with van der Waals surface area (Å²) in [5, 5.41) is 12.4. The van der Waals surface area contributed by atoms with Crippen molar-refractivity contribution < 1.29 is 14.3 Å². The fourth-order valence-electron chi connectivity index (χ4n) is 1.09. The summed E-state index contributed by atoms with van der Waals surface area (Å²) in [5.41, 5.74) is 0.591. The Hall–Kier alpha value is -1.75. The second-order valence-electron chi connectivity index (χ2n) is 2.83. The Balaban J connectivity index is 2.37. The van der Waals surface area contributed by atoms with Gasteiger partial charge in [0.1, 0.15) is 10.8 Å². The lowest BCUT2D eigenvalue weighted by Gasteiger charge is -1.96. The van der Waals surface area contributed by atoms with E-state index in [0.717, 1.165) is 0 Å². The third kappa shape index (κ3) is 2.02. The van der Waals surface area contributed by atoms with Gasteiger partial charge in [-0.1, -0.05) is 0 Å². The first kappa shape index (κ1) is 9.79.